The van der Waals surface area contributed by atoms with E-state index < -0.39 is 36.7 Å². The molecular weight excluding hydrogens is 426 g/mol. The highest BCUT2D eigenvalue weighted by molar-refractivity contribution is 5.98. The van der Waals surface area contributed by atoms with Crippen molar-refractivity contribution in [3.63, 3.8) is 0 Å². The number of nitrogens with one attached hydrogen (secondary N) is 2. The number of aryl methyl sites for hydroxylation is 1. The highest BCUT2D eigenvalue weighted by atomic mass is 16.5. The number of ether oxygens (including phenoxy) is 1. The lowest BCUT2D eigenvalue weighted by Crippen LogP contribution is -2.47. The van der Waals surface area contributed by atoms with E-state index in [4.69, 9.17) is 9.15 Å². The summed E-state index contributed by atoms with van der Waals surface area (Å²) in [4.78, 5) is 40.6. The number of hydrogen-bond donors (Lipinski definition) is 3. The number of hydrogen-bond acceptors (Lipinski definition) is 7. The summed E-state index contributed by atoms with van der Waals surface area (Å²) in [6.07, 6.45) is 1.68. The fourth-order valence-electron chi connectivity index (χ4n) is 3.36. The first-order valence-electron chi connectivity index (χ1n) is 10.2. The van der Waals surface area contributed by atoms with Gasteiger partial charge in [-0.25, -0.2) is 4.79 Å². The first-order chi connectivity index (χ1) is 15.9. The standard InChI is InChI=1S/C24H21N3O6/c1-14-9-23(30)33-21-11-17(5-6-18(14)21)32-13-22(29)27-20(12-28)24(31)26-16-4-7-19-15(10-16)3-2-8-25-19/h2-11,20,28H,12-13H2,1H3,(H,26,31)(H,27,29)/t20-/m0/s1. The number of aliphatic hydroxyl groups excluding tert-OH is 1. The van der Waals surface area contributed by atoms with Crippen molar-refractivity contribution in [2.24, 2.45) is 0 Å². The normalized spacial score (nSPS) is 11.8. The lowest BCUT2D eigenvalue weighted by Gasteiger charge is -2.16. The van der Waals surface area contributed by atoms with Gasteiger partial charge >= 0.3 is 5.63 Å². The van der Waals surface area contributed by atoms with Gasteiger partial charge in [0, 0.05) is 34.8 Å². The molecule has 0 spiro atoms. The molecule has 2 aromatic carbocycles. The molecule has 4 aromatic rings. The SMILES string of the molecule is Cc1cc(=O)oc2cc(OCC(=O)N[C@@H](CO)C(=O)Nc3ccc4ncccc4c3)ccc12. The Kier molecular flexibility index (Phi) is 6.32. The van der Waals surface area contributed by atoms with E-state index in [1.165, 1.54) is 12.1 Å². The molecule has 0 saturated carbocycles. The monoisotopic (exact) mass is 447 g/mol. The van der Waals surface area contributed by atoms with Crippen LogP contribution in [-0.2, 0) is 9.59 Å². The van der Waals surface area contributed by atoms with E-state index in [1.54, 1.807) is 49.5 Å². The van der Waals surface area contributed by atoms with Gasteiger partial charge < -0.3 is 24.9 Å². The molecule has 0 unspecified atom stereocenters. The third-order valence-corrected chi connectivity index (χ3v) is 5.00. The minimum absolute atomic E-state index is 0.321. The van der Waals surface area contributed by atoms with Gasteiger partial charge in [0.25, 0.3) is 5.91 Å². The fraction of sp³-hybridized carbons (Fsp3) is 0.167. The van der Waals surface area contributed by atoms with Gasteiger partial charge in [-0.15, -0.1) is 0 Å². The number of aromatic nitrogens is 1. The summed E-state index contributed by atoms with van der Waals surface area (Å²) in [5.74, 6) is -0.851. The first-order valence-corrected chi connectivity index (χ1v) is 10.2. The van der Waals surface area contributed by atoms with E-state index in [9.17, 15) is 19.5 Å². The Morgan fingerprint density at radius 2 is 2.00 bits per heavy atom. The predicted molar refractivity (Wildman–Crippen MR) is 122 cm³/mol. The summed E-state index contributed by atoms with van der Waals surface area (Å²) in [5.41, 5.74) is 1.93. The smallest absolute Gasteiger partial charge is 0.336 e. The van der Waals surface area contributed by atoms with Crippen LogP contribution in [0, 0.1) is 6.92 Å². The van der Waals surface area contributed by atoms with E-state index in [1.807, 2.05) is 6.07 Å². The van der Waals surface area contributed by atoms with Crippen LogP contribution in [0.1, 0.15) is 5.56 Å². The highest BCUT2D eigenvalue weighted by Crippen LogP contribution is 2.22. The summed E-state index contributed by atoms with van der Waals surface area (Å²) >= 11 is 0. The molecule has 0 radical (unpaired) electrons. The molecule has 168 valence electrons. The van der Waals surface area contributed by atoms with Gasteiger partial charge in [-0.05, 0) is 48.9 Å². The zero-order valence-electron chi connectivity index (χ0n) is 17.7. The molecule has 0 fully saturated rings. The molecule has 0 saturated heterocycles. The van der Waals surface area contributed by atoms with Crippen LogP contribution in [0.2, 0.25) is 0 Å². The average Bonchev–Trinajstić information content (AvgIpc) is 2.80. The molecule has 0 aliphatic carbocycles. The highest BCUT2D eigenvalue weighted by Gasteiger charge is 2.20. The molecule has 33 heavy (non-hydrogen) atoms. The number of aliphatic hydroxyl groups is 1. The van der Waals surface area contributed by atoms with Gasteiger partial charge in [-0.1, -0.05) is 6.07 Å². The largest absolute Gasteiger partial charge is 0.484 e. The minimum atomic E-state index is -1.16. The van der Waals surface area contributed by atoms with Gasteiger partial charge in [0.15, 0.2) is 6.61 Å². The molecule has 1 atom stereocenters. The molecular formula is C24H21N3O6. The molecule has 9 nitrogen and oxygen atoms in total. The predicted octanol–water partition coefficient (Wildman–Crippen LogP) is 2.14. The Bertz CT molecular complexity index is 1400. The molecule has 2 aromatic heterocycles. The topological polar surface area (TPSA) is 131 Å². The zero-order chi connectivity index (χ0) is 23.4. The summed E-state index contributed by atoms with van der Waals surface area (Å²) < 4.78 is 10.6. The molecule has 0 bridgehead atoms. The van der Waals surface area contributed by atoms with Crippen molar-refractivity contribution in [3.05, 3.63) is 76.8 Å². The summed E-state index contributed by atoms with van der Waals surface area (Å²) in [5, 5.41) is 16.3. The molecule has 9 heteroatoms. The van der Waals surface area contributed by atoms with Gasteiger partial charge in [-0.3, -0.25) is 14.6 Å². The maximum Gasteiger partial charge on any atom is 0.336 e. The number of rotatable bonds is 7. The van der Waals surface area contributed by atoms with E-state index in [-0.39, 0.29) is 0 Å². The van der Waals surface area contributed by atoms with Crippen LogP contribution in [-0.4, -0.2) is 41.2 Å². The van der Waals surface area contributed by atoms with Crippen LogP contribution in [0.15, 0.2) is 70.0 Å². The van der Waals surface area contributed by atoms with Crippen molar-refractivity contribution < 1.29 is 23.8 Å². The average molecular weight is 447 g/mol. The number of nitrogens with zero attached hydrogens (tertiary/aromatic N) is 1. The van der Waals surface area contributed by atoms with E-state index in [0.717, 1.165) is 21.9 Å². The number of fused-ring (bicyclic) bond motifs is 2. The summed E-state index contributed by atoms with van der Waals surface area (Å²) in [6, 6.07) is 14.0. The van der Waals surface area contributed by atoms with Crippen LogP contribution >= 0.6 is 0 Å². The van der Waals surface area contributed by atoms with E-state index >= 15 is 0 Å². The Morgan fingerprint density at radius 1 is 1.15 bits per heavy atom. The summed E-state index contributed by atoms with van der Waals surface area (Å²) in [6.45, 7) is 0.808. The third-order valence-electron chi connectivity index (χ3n) is 5.00. The fourth-order valence-corrected chi connectivity index (χ4v) is 3.36. The molecule has 2 heterocycles. The minimum Gasteiger partial charge on any atom is -0.484 e. The summed E-state index contributed by atoms with van der Waals surface area (Å²) in [7, 11) is 0. The van der Waals surface area contributed by atoms with Gasteiger partial charge in [0.05, 0.1) is 12.1 Å². The maximum atomic E-state index is 12.5. The van der Waals surface area contributed by atoms with Crippen LogP contribution in [0.3, 0.4) is 0 Å². The van der Waals surface area contributed by atoms with Crippen molar-refractivity contribution in [1.29, 1.82) is 0 Å². The number of pyridine rings is 1. The van der Waals surface area contributed by atoms with Gasteiger partial charge in [0.2, 0.25) is 5.91 Å². The molecule has 0 aliphatic rings. The lowest BCUT2D eigenvalue weighted by molar-refractivity contribution is -0.128. The van der Waals surface area contributed by atoms with Crippen molar-refractivity contribution >= 4 is 39.4 Å². The Hall–Kier alpha value is -4.24. The lowest BCUT2D eigenvalue weighted by atomic mass is 10.1. The third kappa shape index (κ3) is 5.16. The molecule has 0 aliphatic heterocycles. The zero-order valence-corrected chi connectivity index (χ0v) is 17.7. The van der Waals surface area contributed by atoms with Crippen molar-refractivity contribution in [3.8, 4) is 5.75 Å². The number of amides is 2. The van der Waals surface area contributed by atoms with Crippen molar-refractivity contribution in [2.45, 2.75) is 13.0 Å². The van der Waals surface area contributed by atoms with Gasteiger partial charge in [-0.2, -0.15) is 0 Å². The maximum absolute atomic E-state index is 12.5. The van der Waals surface area contributed by atoms with Crippen LogP contribution in [0.5, 0.6) is 5.75 Å². The molecule has 4 rings (SSSR count). The Balaban J connectivity index is 1.36. The number of carbonyl (C=O) groups excluding carboxylic acids is 2. The second-order valence-corrected chi connectivity index (χ2v) is 7.40. The Morgan fingerprint density at radius 3 is 2.82 bits per heavy atom. The number of carbonyl (C=O) groups is 2. The van der Waals surface area contributed by atoms with Crippen molar-refractivity contribution in [2.75, 3.05) is 18.5 Å². The van der Waals surface area contributed by atoms with E-state index in [2.05, 4.69) is 15.6 Å². The van der Waals surface area contributed by atoms with Crippen molar-refractivity contribution in [1.82, 2.24) is 10.3 Å². The van der Waals surface area contributed by atoms with E-state index in [0.29, 0.717) is 17.0 Å². The second-order valence-electron chi connectivity index (χ2n) is 7.40. The Labute approximate surface area is 188 Å². The van der Waals surface area contributed by atoms with Crippen LogP contribution < -0.4 is 21.0 Å². The molecule has 2 amide bonds. The number of benzene rings is 2. The second kappa shape index (κ2) is 9.49. The van der Waals surface area contributed by atoms with Gasteiger partial charge in [0.1, 0.15) is 17.4 Å². The number of anilines is 1. The van der Waals surface area contributed by atoms with Crippen LogP contribution in [0.4, 0.5) is 5.69 Å². The quantitative estimate of drug-likeness (QED) is 0.370. The molecule has 3 N–H and O–H groups in total. The first kappa shape index (κ1) is 22.0. The van der Waals surface area contributed by atoms with Crippen LogP contribution in [0.25, 0.3) is 21.9 Å².